The van der Waals surface area contributed by atoms with E-state index in [-0.39, 0.29) is 28.6 Å². The van der Waals surface area contributed by atoms with E-state index in [2.05, 4.69) is 4.98 Å². The number of aromatic nitrogens is 1. The van der Waals surface area contributed by atoms with Gasteiger partial charge in [0.2, 0.25) is 5.91 Å². The van der Waals surface area contributed by atoms with Gasteiger partial charge in [0.15, 0.2) is 9.84 Å². The van der Waals surface area contributed by atoms with Crippen molar-refractivity contribution < 1.29 is 22.7 Å². The van der Waals surface area contributed by atoms with Crippen molar-refractivity contribution in [3.8, 4) is 11.3 Å². The van der Waals surface area contributed by atoms with Crippen molar-refractivity contribution in [2.24, 2.45) is 5.92 Å². The first-order valence-corrected chi connectivity index (χ1v) is 12.4. The molecule has 3 heterocycles. The van der Waals surface area contributed by atoms with Crippen LogP contribution in [-0.4, -0.2) is 56.1 Å². The number of hydrogen-bond donors (Lipinski definition) is 0. The zero-order valence-corrected chi connectivity index (χ0v) is 18.7. The molecule has 2 saturated heterocycles. The van der Waals surface area contributed by atoms with Crippen molar-refractivity contribution in [3.05, 3.63) is 47.1 Å². The van der Waals surface area contributed by atoms with Gasteiger partial charge in [0, 0.05) is 49.4 Å². The van der Waals surface area contributed by atoms with Crippen LogP contribution < -0.4 is 0 Å². The van der Waals surface area contributed by atoms with E-state index in [0.29, 0.717) is 55.2 Å². The number of cyclic esters (lactones) is 1. The third kappa shape index (κ3) is 4.91. The van der Waals surface area contributed by atoms with Crippen molar-refractivity contribution in [1.82, 2.24) is 9.88 Å². The van der Waals surface area contributed by atoms with Crippen molar-refractivity contribution in [2.75, 3.05) is 26.0 Å². The maximum absolute atomic E-state index is 12.3. The molecule has 2 aromatic rings. The normalized spacial score (nSPS) is 19.2. The van der Waals surface area contributed by atoms with E-state index in [0.717, 1.165) is 11.8 Å². The summed E-state index contributed by atoms with van der Waals surface area (Å²) in [5, 5.41) is 0.331. The summed E-state index contributed by atoms with van der Waals surface area (Å²) in [5.74, 6) is 0.330. The number of benzene rings is 1. The van der Waals surface area contributed by atoms with Crippen LogP contribution in [0.1, 0.15) is 30.7 Å². The van der Waals surface area contributed by atoms with Crippen molar-refractivity contribution in [2.45, 2.75) is 30.1 Å². The maximum atomic E-state index is 12.3. The number of nitrogens with zero attached hydrogens (tertiary/aromatic N) is 2. The quantitative estimate of drug-likeness (QED) is 0.612. The Morgan fingerprint density at radius 2 is 2.03 bits per heavy atom. The predicted octanol–water partition coefficient (Wildman–Crippen LogP) is 3.07. The highest BCUT2D eigenvalue weighted by molar-refractivity contribution is 7.90. The molecule has 7 nitrogen and oxygen atoms in total. The Bertz CT molecular complexity index is 1110. The van der Waals surface area contributed by atoms with Crippen LogP contribution in [-0.2, 0) is 24.2 Å². The van der Waals surface area contributed by atoms with Crippen LogP contribution >= 0.6 is 11.6 Å². The SMILES string of the molecule is CS(=O)(=O)c1ccc(-c2ccc(C3CN(C(=O)CC[C@@H]4COC(=O)C4)C3)cn2)c(Cl)c1. The van der Waals surface area contributed by atoms with Crippen LogP contribution in [0.2, 0.25) is 5.02 Å². The molecule has 0 saturated carbocycles. The number of hydrogen-bond acceptors (Lipinski definition) is 6. The van der Waals surface area contributed by atoms with E-state index >= 15 is 0 Å². The topological polar surface area (TPSA) is 93.6 Å². The molecule has 0 spiro atoms. The van der Waals surface area contributed by atoms with Crippen molar-refractivity contribution >= 4 is 33.3 Å². The summed E-state index contributed by atoms with van der Waals surface area (Å²) < 4.78 is 28.3. The molecule has 2 aliphatic heterocycles. The van der Waals surface area contributed by atoms with E-state index in [1.807, 2.05) is 17.0 Å². The Labute approximate surface area is 186 Å². The molecule has 1 atom stereocenters. The standard InChI is InChI=1S/C22H23ClN2O5S/c1-31(28,29)17-4-5-18(19(23)9-17)20-6-3-15(10-24-20)16-11-25(12-16)21(26)7-2-14-8-22(27)30-13-14/h3-6,9-10,14,16H,2,7-8,11-13H2,1H3/t14-/m0/s1. The van der Waals surface area contributed by atoms with Crippen LogP contribution in [0.15, 0.2) is 41.4 Å². The number of carbonyl (C=O) groups is 2. The molecule has 0 aliphatic carbocycles. The molecule has 0 radical (unpaired) electrons. The lowest BCUT2D eigenvalue weighted by Crippen LogP contribution is -2.48. The summed E-state index contributed by atoms with van der Waals surface area (Å²) in [7, 11) is -3.32. The molecule has 0 bridgehead atoms. The third-order valence-electron chi connectivity index (χ3n) is 5.84. The van der Waals surface area contributed by atoms with Crippen LogP contribution in [0.5, 0.6) is 0 Å². The smallest absolute Gasteiger partial charge is 0.306 e. The fourth-order valence-electron chi connectivity index (χ4n) is 3.87. The Balaban J connectivity index is 1.32. The summed E-state index contributed by atoms with van der Waals surface area (Å²) in [6.07, 6.45) is 4.45. The minimum atomic E-state index is -3.32. The highest BCUT2D eigenvalue weighted by Crippen LogP contribution is 2.32. The molecule has 9 heteroatoms. The van der Waals surface area contributed by atoms with Gasteiger partial charge in [0.05, 0.1) is 28.6 Å². The molecule has 1 amide bonds. The highest BCUT2D eigenvalue weighted by atomic mass is 35.5. The Kier molecular flexibility index (Phi) is 6.03. The van der Waals surface area contributed by atoms with Crippen LogP contribution in [0, 0.1) is 5.92 Å². The number of pyridine rings is 1. The Hall–Kier alpha value is -2.45. The first kappa shape index (κ1) is 21.8. The summed E-state index contributed by atoms with van der Waals surface area (Å²) >= 11 is 6.27. The van der Waals surface area contributed by atoms with Crippen LogP contribution in [0.25, 0.3) is 11.3 Å². The first-order chi connectivity index (χ1) is 14.7. The highest BCUT2D eigenvalue weighted by Gasteiger charge is 2.32. The molecule has 4 rings (SSSR count). The van der Waals surface area contributed by atoms with Gasteiger partial charge in [0.1, 0.15) is 0 Å². The Morgan fingerprint density at radius 3 is 2.61 bits per heavy atom. The van der Waals surface area contributed by atoms with E-state index in [4.69, 9.17) is 16.3 Å². The van der Waals surface area contributed by atoms with E-state index < -0.39 is 9.84 Å². The number of likely N-dealkylation sites (tertiary alicyclic amines) is 1. The number of amides is 1. The molecular weight excluding hydrogens is 440 g/mol. The predicted molar refractivity (Wildman–Crippen MR) is 115 cm³/mol. The molecule has 0 unspecified atom stereocenters. The lowest BCUT2D eigenvalue weighted by molar-refractivity contribution is -0.138. The van der Waals surface area contributed by atoms with Gasteiger partial charge in [-0.2, -0.15) is 0 Å². The van der Waals surface area contributed by atoms with Gasteiger partial charge in [-0.3, -0.25) is 14.6 Å². The first-order valence-electron chi connectivity index (χ1n) is 10.1. The molecule has 1 aromatic heterocycles. The second-order valence-electron chi connectivity index (χ2n) is 8.18. The minimum absolute atomic E-state index is 0.109. The number of rotatable bonds is 6. The lowest BCUT2D eigenvalue weighted by Gasteiger charge is -2.39. The average molecular weight is 463 g/mol. The molecular formula is C22H23ClN2O5S. The number of carbonyl (C=O) groups excluding carboxylic acids is 2. The largest absolute Gasteiger partial charge is 0.465 e. The van der Waals surface area contributed by atoms with Crippen molar-refractivity contribution in [1.29, 1.82) is 0 Å². The number of ether oxygens (including phenoxy) is 1. The molecule has 1 aromatic carbocycles. The molecule has 164 valence electrons. The van der Waals surface area contributed by atoms with Gasteiger partial charge in [0.25, 0.3) is 0 Å². The van der Waals surface area contributed by atoms with Crippen LogP contribution in [0.4, 0.5) is 0 Å². The Morgan fingerprint density at radius 1 is 1.26 bits per heavy atom. The van der Waals surface area contributed by atoms with E-state index in [1.165, 1.54) is 12.1 Å². The summed E-state index contributed by atoms with van der Waals surface area (Å²) in [6, 6.07) is 8.45. The van der Waals surface area contributed by atoms with Crippen LogP contribution in [0.3, 0.4) is 0 Å². The fraction of sp³-hybridized carbons (Fsp3) is 0.409. The zero-order chi connectivity index (χ0) is 22.2. The number of esters is 1. The maximum Gasteiger partial charge on any atom is 0.306 e. The van der Waals surface area contributed by atoms with Gasteiger partial charge in [-0.25, -0.2) is 8.42 Å². The van der Waals surface area contributed by atoms with E-state index in [9.17, 15) is 18.0 Å². The van der Waals surface area contributed by atoms with E-state index in [1.54, 1.807) is 12.3 Å². The van der Waals surface area contributed by atoms with Crippen molar-refractivity contribution in [3.63, 3.8) is 0 Å². The van der Waals surface area contributed by atoms with Gasteiger partial charge in [-0.1, -0.05) is 23.7 Å². The van der Waals surface area contributed by atoms with Gasteiger partial charge in [-0.15, -0.1) is 0 Å². The average Bonchev–Trinajstić information content (AvgIpc) is 3.10. The number of halogens is 1. The third-order valence-corrected chi connectivity index (χ3v) is 7.26. The fourth-order valence-corrected chi connectivity index (χ4v) is 4.86. The lowest BCUT2D eigenvalue weighted by atomic mass is 9.91. The second kappa shape index (κ2) is 8.59. The zero-order valence-electron chi connectivity index (χ0n) is 17.1. The molecule has 2 fully saturated rings. The van der Waals surface area contributed by atoms with Gasteiger partial charge < -0.3 is 9.64 Å². The van der Waals surface area contributed by atoms with Gasteiger partial charge >= 0.3 is 5.97 Å². The monoisotopic (exact) mass is 462 g/mol. The summed E-state index contributed by atoms with van der Waals surface area (Å²) in [4.78, 5) is 30.0. The van der Waals surface area contributed by atoms with Gasteiger partial charge in [-0.05, 0) is 30.2 Å². The molecule has 0 N–H and O–H groups in total. The molecule has 2 aliphatic rings. The summed E-state index contributed by atoms with van der Waals surface area (Å²) in [6.45, 7) is 1.74. The minimum Gasteiger partial charge on any atom is -0.465 e. The second-order valence-corrected chi connectivity index (χ2v) is 10.6. The summed E-state index contributed by atoms with van der Waals surface area (Å²) in [5.41, 5.74) is 2.38. The molecule has 31 heavy (non-hydrogen) atoms. The number of sulfone groups is 1.